The number of rotatable bonds is 2. The Bertz CT molecular complexity index is 480. The molecule has 1 aliphatic rings. The number of anilines is 2. The van der Waals surface area contributed by atoms with Gasteiger partial charge in [0.2, 0.25) is 0 Å². The normalized spacial score (nSPS) is 23.2. The molecule has 0 aromatic carbocycles. The average molecular weight is 276 g/mol. The summed E-state index contributed by atoms with van der Waals surface area (Å²) in [6, 6.07) is 0. The molecule has 2 atom stereocenters. The van der Waals surface area contributed by atoms with Crippen molar-refractivity contribution in [2.75, 3.05) is 30.4 Å². The van der Waals surface area contributed by atoms with Crippen LogP contribution in [0.1, 0.15) is 46.0 Å². The SMILES string of the molecule is CNc1nc(C(C)(C)C)nc(N2CC(C)C(C)C2)c1C. The highest BCUT2D eigenvalue weighted by Crippen LogP contribution is 2.32. The lowest BCUT2D eigenvalue weighted by atomic mass is 9.95. The van der Waals surface area contributed by atoms with E-state index in [1.165, 1.54) is 0 Å². The molecule has 1 aromatic heterocycles. The maximum Gasteiger partial charge on any atom is 0.138 e. The zero-order chi connectivity index (χ0) is 15.1. The minimum Gasteiger partial charge on any atom is -0.373 e. The molecule has 0 saturated carbocycles. The molecule has 1 N–H and O–H groups in total. The molecule has 1 fully saturated rings. The molecule has 0 spiro atoms. The first-order valence-electron chi connectivity index (χ1n) is 7.56. The quantitative estimate of drug-likeness (QED) is 0.900. The molecule has 0 amide bonds. The molecule has 2 rings (SSSR count). The van der Waals surface area contributed by atoms with Gasteiger partial charge in [-0.2, -0.15) is 0 Å². The third-order valence-corrected chi connectivity index (χ3v) is 4.32. The molecule has 2 heterocycles. The monoisotopic (exact) mass is 276 g/mol. The van der Waals surface area contributed by atoms with E-state index < -0.39 is 0 Å². The van der Waals surface area contributed by atoms with Gasteiger partial charge in [0.25, 0.3) is 0 Å². The molecule has 1 aliphatic heterocycles. The van der Waals surface area contributed by atoms with E-state index in [0.717, 1.165) is 47.9 Å². The first-order valence-corrected chi connectivity index (χ1v) is 7.56. The van der Waals surface area contributed by atoms with Gasteiger partial charge in [-0.25, -0.2) is 9.97 Å². The molecule has 4 heteroatoms. The molecular formula is C16H28N4. The standard InChI is InChI=1S/C16H28N4/c1-10-8-20(9-11(10)2)14-12(3)13(17-7)18-15(19-14)16(4,5)6/h10-11H,8-9H2,1-7H3,(H,17,18,19). The lowest BCUT2D eigenvalue weighted by Gasteiger charge is -2.25. The van der Waals surface area contributed by atoms with Crippen molar-refractivity contribution < 1.29 is 0 Å². The van der Waals surface area contributed by atoms with Crippen LogP contribution in [0.25, 0.3) is 0 Å². The van der Waals surface area contributed by atoms with Gasteiger partial charge in [0, 0.05) is 31.1 Å². The molecular weight excluding hydrogens is 248 g/mol. The number of hydrogen-bond acceptors (Lipinski definition) is 4. The van der Waals surface area contributed by atoms with E-state index >= 15 is 0 Å². The van der Waals surface area contributed by atoms with Gasteiger partial charge in [-0.3, -0.25) is 0 Å². The van der Waals surface area contributed by atoms with Crippen LogP contribution in [-0.2, 0) is 5.41 Å². The third kappa shape index (κ3) is 2.74. The number of nitrogens with zero attached hydrogens (tertiary/aromatic N) is 3. The van der Waals surface area contributed by atoms with E-state index in [4.69, 9.17) is 4.98 Å². The lowest BCUT2D eigenvalue weighted by Crippen LogP contribution is -2.26. The van der Waals surface area contributed by atoms with Crippen molar-refractivity contribution >= 4 is 11.6 Å². The summed E-state index contributed by atoms with van der Waals surface area (Å²) in [5, 5.41) is 3.22. The fraction of sp³-hybridized carbons (Fsp3) is 0.750. The fourth-order valence-corrected chi connectivity index (χ4v) is 2.69. The Labute approximate surface area is 123 Å². The van der Waals surface area contributed by atoms with Gasteiger partial charge in [0.1, 0.15) is 17.5 Å². The van der Waals surface area contributed by atoms with Crippen LogP contribution in [0, 0.1) is 18.8 Å². The fourth-order valence-electron chi connectivity index (χ4n) is 2.69. The van der Waals surface area contributed by atoms with Crippen LogP contribution in [0.15, 0.2) is 0 Å². The van der Waals surface area contributed by atoms with Gasteiger partial charge in [-0.05, 0) is 18.8 Å². The predicted molar refractivity (Wildman–Crippen MR) is 85.6 cm³/mol. The second-order valence-electron chi connectivity index (χ2n) is 7.20. The number of aromatic nitrogens is 2. The van der Waals surface area contributed by atoms with Gasteiger partial charge >= 0.3 is 0 Å². The topological polar surface area (TPSA) is 41.1 Å². The molecule has 2 unspecified atom stereocenters. The maximum absolute atomic E-state index is 4.88. The van der Waals surface area contributed by atoms with Crippen LogP contribution in [0.3, 0.4) is 0 Å². The van der Waals surface area contributed by atoms with Crippen molar-refractivity contribution in [2.45, 2.75) is 47.0 Å². The highest BCUT2D eigenvalue weighted by molar-refractivity contribution is 5.59. The van der Waals surface area contributed by atoms with Crippen LogP contribution in [-0.4, -0.2) is 30.1 Å². The highest BCUT2D eigenvalue weighted by Gasteiger charge is 2.30. The first-order chi connectivity index (χ1) is 9.24. The van der Waals surface area contributed by atoms with E-state index in [1.54, 1.807) is 0 Å². The predicted octanol–water partition coefficient (Wildman–Crippen LogP) is 3.22. The average Bonchev–Trinajstić information content (AvgIpc) is 2.68. The third-order valence-electron chi connectivity index (χ3n) is 4.32. The Kier molecular flexibility index (Phi) is 3.94. The van der Waals surface area contributed by atoms with Gasteiger partial charge < -0.3 is 10.2 Å². The molecule has 20 heavy (non-hydrogen) atoms. The zero-order valence-electron chi connectivity index (χ0n) is 13.9. The summed E-state index contributed by atoms with van der Waals surface area (Å²) in [4.78, 5) is 12.0. The lowest BCUT2D eigenvalue weighted by molar-refractivity contribution is 0.494. The number of nitrogens with one attached hydrogen (secondary N) is 1. The van der Waals surface area contributed by atoms with Crippen molar-refractivity contribution in [1.82, 2.24) is 9.97 Å². The first kappa shape index (κ1) is 15.1. The molecule has 1 aromatic rings. The van der Waals surface area contributed by atoms with Crippen LogP contribution >= 0.6 is 0 Å². The Hall–Kier alpha value is -1.32. The maximum atomic E-state index is 4.88. The van der Waals surface area contributed by atoms with Crippen molar-refractivity contribution in [3.63, 3.8) is 0 Å². The van der Waals surface area contributed by atoms with Gasteiger partial charge in [0.15, 0.2) is 0 Å². The summed E-state index contributed by atoms with van der Waals surface area (Å²) >= 11 is 0. The van der Waals surface area contributed by atoms with E-state index in [0.29, 0.717) is 0 Å². The second-order valence-corrected chi connectivity index (χ2v) is 7.20. The second kappa shape index (κ2) is 5.23. The van der Waals surface area contributed by atoms with E-state index in [1.807, 2.05) is 7.05 Å². The molecule has 112 valence electrons. The molecule has 1 saturated heterocycles. The van der Waals surface area contributed by atoms with E-state index in [-0.39, 0.29) is 5.41 Å². The Morgan fingerprint density at radius 1 is 1.10 bits per heavy atom. The summed E-state index contributed by atoms with van der Waals surface area (Å²) in [6.45, 7) is 15.4. The van der Waals surface area contributed by atoms with E-state index in [2.05, 4.69) is 56.7 Å². The molecule has 0 bridgehead atoms. The number of hydrogen-bond donors (Lipinski definition) is 1. The van der Waals surface area contributed by atoms with Crippen molar-refractivity contribution in [2.24, 2.45) is 11.8 Å². The van der Waals surface area contributed by atoms with Gasteiger partial charge in [-0.1, -0.05) is 34.6 Å². The van der Waals surface area contributed by atoms with E-state index in [9.17, 15) is 0 Å². The molecule has 0 aliphatic carbocycles. The van der Waals surface area contributed by atoms with Crippen molar-refractivity contribution in [3.05, 3.63) is 11.4 Å². The minimum atomic E-state index is -0.0367. The summed E-state index contributed by atoms with van der Waals surface area (Å²) in [6.07, 6.45) is 0. The highest BCUT2D eigenvalue weighted by atomic mass is 15.2. The van der Waals surface area contributed by atoms with Crippen molar-refractivity contribution in [3.8, 4) is 0 Å². The van der Waals surface area contributed by atoms with Gasteiger partial charge in [-0.15, -0.1) is 0 Å². The largest absolute Gasteiger partial charge is 0.373 e. The summed E-state index contributed by atoms with van der Waals surface area (Å²) < 4.78 is 0. The zero-order valence-corrected chi connectivity index (χ0v) is 13.9. The smallest absolute Gasteiger partial charge is 0.138 e. The van der Waals surface area contributed by atoms with Crippen LogP contribution in [0.5, 0.6) is 0 Å². The summed E-state index contributed by atoms with van der Waals surface area (Å²) in [7, 11) is 1.93. The summed E-state index contributed by atoms with van der Waals surface area (Å²) in [5.74, 6) is 4.41. The Morgan fingerprint density at radius 2 is 1.65 bits per heavy atom. The minimum absolute atomic E-state index is 0.0367. The molecule has 4 nitrogen and oxygen atoms in total. The Morgan fingerprint density at radius 3 is 2.10 bits per heavy atom. The Balaban J connectivity index is 2.47. The van der Waals surface area contributed by atoms with Crippen LogP contribution < -0.4 is 10.2 Å². The van der Waals surface area contributed by atoms with Crippen LogP contribution in [0.2, 0.25) is 0 Å². The van der Waals surface area contributed by atoms with Gasteiger partial charge in [0.05, 0.1) is 0 Å². The van der Waals surface area contributed by atoms with Crippen LogP contribution in [0.4, 0.5) is 11.6 Å². The molecule has 0 radical (unpaired) electrons. The van der Waals surface area contributed by atoms with Crippen molar-refractivity contribution in [1.29, 1.82) is 0 Å². The summed E-state index contributed by atoms with van der Waals surface area (Å²) in [5.41, 5.74) is 1.12.